The summed E-state index contributed by atoms with van der Waals surface area (Å²) in [5.41, 5.74) is 2.78. The fourth-order valence-electron chi connectivity index (χ4n) is 4.68. The monoisotopic (exact) mass is 470 g/mol. The van der Waals surface area contributed by atoms with Crippen molar-refractivity contribution < 1.29 is 24.2 Å². The first-order chi connectivity index (χ1) is 15.9. The van der Waals surface area contributed by atoms with Gasteiger partial charge in [0.2, 0.25) is 11.8 Å². The van der Waals surface area contributed by atoms with Crippen molar-refractivity contribution in [2.75, 3.05) is 26.2 Å². The topological polar surface area (TPSA) is 87.2 Å². The van der Waals surface area contributed by atoms with Crippen LogP contribution in [0.4, 0.5) is 0 Å². The first-order valence-electron chi connectivity index (χ1n) is 11.2. The number of ether oxygens (including phenoxy) is 1. The van der Waals surface area contributed by atoms with E-state index in [4.69, 9.17) is 21.4 Å². The van der Waals surface area contributed by atoms with E-state index in [1.165, 1.54) is 0 Å². The molecule has 1 fully saturated rings. The van der Waals surface area contributed by atoms with Crippen LogP contribution in [0.5, 0.6) is 5.75 Å². The molecule has 4 rings (SSSR count). The van der Waals surface area contributed by atoms with Gasteiger partial charge < -0.3 is 19.6 Å². The number of likely N-dealkylation sites (tertiary alicyclic amines) is 1. The van der Waals surface area contributed by atoms with Crippen molar-refractivity contribution in [3.05, 3.63) is 64.2 Å². The molecule has 0 bridgehead atoms. The van der Waals surface area contributed by atoms with Gasteiger partial charge in [-0.05, 0) is 48.6 Å². The molecule has 0 saturated carbocycles. The van der Waals surface area contributed by atoms with Crippen LogP contribution < -0.4 is 4.74 Å². The average molecular weight is 471 g/mol. The molecule has 2 aromatic carbocycles. The molecule has 0 spiro atoms. The van der Waals surface area contributed by atoms with Gasteiger partial charge in [0.25, 0.3) is 0 Å². The number of amides is 2. The van der Waals surface area contributed by atoms with E-state index in [0.717, 1.165) is 30.5 Å². The molecule has 0 aliphatic carbocycles. The number of aliphatic carboxylic acids is 1. The van der Waals surface area contributed by atoms with Crippen LogP contribution in [0.15, 0.2) is 42.5 Å². The Bertz CT molecular complexity index is 1060. The summed E-state index contributed by atoms with van der Waals surface area (Å²) in [6.07, 6.45) is 3.13. The molecule has 0 radical (unpaired) electrons. The van der Waals surface area contributed by atoms with Gasteiger partial charge in [0.05, 0.1) is 6.04 Å². The number of hydrogen-bond acceptors (Lipinski definition) is 4. The molecule has 1 N–H and O–H groups in total. The number of carbonyl (C=O) groups excluding carboxylic acids is 2. The van der Waals surface area contributed by atoms with Crippen molar-refractivity contribution in [2.24, 2.45) is 0 Å². The minimum Gasteiger partial charge on any atom is -0.482 e. The highest BCUT2D eigenvalue weighted by molar-refractivity contribution is 6.30. The molecule has 2 aliphatic heterocycles. The van der Waals surface area contributed by atoms with E-state index in [1.807, 2.05) is 34.1 Å². The average Bonchev–Trinajstić information content (AvgIpc) is 3.21. The Kier molecular flexibility index (Phi) is 7.18. The Labute approximate surface area is 197 Å². The standard InChI is InChI=1S/C25H27ClN2O5/c26-18-9-10-21(33-16-24(31)32)20(15-18)25-19-6-2-1-5-17(19)11-14-28(25)23(30)8-4-13-27-12-3-7-22(27)29/h1-2,5-6,9-10,15,25H,3-4,7-8,11-14,16H2,(H,31,32). The van der Waals surface area contributed by atoms with E-state index in [0.29, 0.717) is 48.7 Å². The second-order valence-electron chi connectivity index (χ2n) is 8.39. The summed E-state index contributed by atoms with van der Waals surface area (Å²) in [5.74, 6) is -0.537. The van der Waals surface area contributed by atoms with E-state index in [-0.39, 0.29) is 11.8 Å². The Morgan fingerprint density at radius 1 is 1.09 bits per heavy atom. The van der Waals surface area contributed by atoms with Crippen molar-refractivity contribution in [1.82, 2.24) is 9.80 Å². The van der Waals surface area contributed by atoms with Crippen LogP contribution in [-0.4, -0.2) is 58.9 Å². The molecule has 7 nitrogen and oxygen atoms in total. The number of carbonyl (C=O) groups is 3. The summed E-state index contributed by atoms with van der Waals surface area (Å²) in [6, 6.07) is 12.6. The summed E-state index contributed by atoms with van der Waals surface area (Å²) >= 11 is 6.31. The van der Waals surface area contributed by atoms with Crippen LogP contribution in [-0.2, 0) is 20.8 Å². The highest BCUT2D eigenvalue weighted by atomic mass is 35.5. The summed E-state index contributed by atoms with van der Waals surface area (Å²) in [4.78, 5) is 40.0. The smallest absolute Gasteiger partial charge is 0.341 e. The van der Waals surface area contributed by atoms with Crippen LogP contribution >= 0.6 is 11.6 Å². The second kappa shape index (κ2) is 10.3. The maximum atomic E-state index is 13.4. The van der Waals surface area contributed by atoms with E-state index >= 15 is 0 Å². The zero-order valence-electron chi connectivity index (χ0n) is 18.3. The van der Waals surface area contributed by atoms with Crippen molar-refractivity contribution in [2.45, 2.75) is 38.1 Å². The number of carboxylic acid groups (broad SMARTS) is 1. The highest BCUT2D eigenvalue weighted by Gasteiger charge is 2.34. The first kappa shape index (κ1) is 23.1. The normalized spacial score (nSPS) is 17.7. The maximum Gasteiger partial charge on any atom is 0.341 e. The molecule has 2 aliphatic rings. The third kappa shape index (κ3) is 5.30. The summed E-state index contributed by atoms with van der Waals surface area (Å²) in [7, 11) is 0. The largest absolute Gasteiger partial charge is 0.482 e. The lowest BCUT2D eigenvalue weighted by molar-refractivity contribution is -0.139. The van der Waals surface area contributed by atoms with Gasteiger partial charge in [-0.1, -0.05) is 35.9 Å². The van der Waals surface area contributed by atoms with Gasteiger partial charge in [-0.3, -0.25) is 9.59 Å². The van der Waals surface area contributed by atoms with E-state index in [2.05, 4.69) is 0 Å². The lowest BCUT2D eigenvalue weighted by Gasteiger charge is -2.38. The second-order valence-corrected chi connectivity index (χ2v) is 8.83. The van der Waals surface area contributed by atoms with Crippen LogP contribution in [0.3, 0.4) is 0 Å². The number of nitrogens with zero attached hydrogens (tertiary/aromatic N) is 2. The van der Waals surface area contributed by atoms with Gasteiger partial charge in [-0.25, -0.2) is 4.79 Å². The number of carboxylic acids is 1. The van der Waals surface area contributed by atoms with E-state index in [9.17, 15) is 14.4 Å². The molecular weight excluding hydrogens is 444 g/mol. The molecule has 1 unspecified atom stereocenters. The van der Waals surface area contributed by atoms with Crippen LogP contribution in [0, 0.1) is 0 Å². The molecule has 2 heterocycles. The fraction of sp³-hybridized carbons (Fsp3) is 0.400. The molecule has 174 valence electrons. The number of rotatable bonds is 8. The zero-order valence-corrected chi connectivity index (χ0v) is 19.1. The van der Waals surface area contributed by atoms with Crippen molar-refractivity contribution in [3.8, 4) is 5.75 Å². The first-order valence-corrected chi connectivity index (χ1v) is 11.6. The summed E-state index contributed by atoms with van der Waals surface area (Å²) < 4.78 is 5.57. The predicted molar refractivity (Wildman–Crippen MR) is 123 cm³/mol. The van der Waals surface area contributed by atoms with Gasteiger partial charge in [-0.15, -0.1) is 0 Å². The van der Waals surface area contributed by atoms with Gasteiger partial charge in [0, 0.05) is 43.1 Å². The number of benzene rings is 2. The third-order valence-corrected chi connectivity index (χ3v) is 6.45. The summed E-state index contributed by atoms with van der Waals surface area (Å²) in [5, 5.41) is 9.57. The number of halogens is 1. The fourth-order valence-corrected chi connectivity index (χ4v) is 4.86. The van der Waals surface area contributed by atoms with Crippen LogP contribution in [0.2, 0.25) is 5.02 Å². The zero-order chi connectivity index (χ0) is 23.4. The quantitative estimate of drug-likeness (QED) is 0.636. The summed E-state index contributed by atoms with van der Waals surface area (Å²) in [6.45, 7) is 1.40. The van der Waals surface area contributed by atoms with E-state index < -0.39 is 18.6 Å². The Morgan fingerprint density at radius 3 is 2.67 bits per heavy atom. The van der Waals surface area contributed by atoms with E-state index in [1.54, 1.807) is 18.2 Å². The van der Waals surface area contributed by atoms with Gasteiger partial charge in [-0.2, -0.15) is 0 Å². The highest BCUT2D eigenvalue weighted by Crippen LogP contribution is 2.40. The lowest BCUT2D eigenvalue weighted by atomic mass is 9.87. The molecule has 33 heavy (non-hydrogen) atoms. The molecule has 8 heteroatoms. The molecule has 1 atom stereocenters. The lowest BCUT2D eigenvalue weighted by Crippen LogP contribution is -2.41. The van der Waals surface area contributed by atoms with Crippen molar-refractivity contribution in [1.29, 1.82) is 0 Å². The van der Waals surface area contributed by atoms with Gasteiger partial charge in [0.1, 0.15) is 5.75 Å². The third-order valence-electron chi connectivity index (χ3n) is 6.21. The minimum atomic E-state index is -1.08. The minimum absolute atomic E-state index is 0.00897. The molecular formula is C25H27ClN2O5. The number of hydrogen-bond donors (Lipinski definition) is 1. The van der Waals surface area contributed by atoms with Crippen LogP contribution in [0.1, 0.15) is 48.4 Å². The Hall–Kier alpha value is -3.06. The van der Waals surface area contributed by atoms with Gasteiger partial charge in [0.15, 0.2) is 6.61 Å². The van der Waals surface area contributed by atoms with Crippen LogP contribution in [0.25, 0.3) is 0 Å². The molecule has 2 aromatic rings. The Balaban J connectivity index is 1.61. The van der Waals surface area contributed by atoms with Crippen molar-refractivity contribution >= 4 is 29.4 Å². The number of fused-ring (bicyclic) bond motifs is 1. The maximum absolute atomic E-state index is 13.4. The predicted octanol–water partition coefficient (Wildman–Crippen LogP) is 3.68. The molecule has 1 saturated heterocycles. The van der Waals surface area contributed by atoms with Crippen molar-refractivity contribution in [3.63, 3.8) is 0 Å². The molecule has 2 amide bonds. The van der Waals surface area contributed by atoms with Gasteiger partial charge >= 0.3 is 5.97 Å². The SMILES string of the molecule is O=C(O)COc1ccc(Cl)cc1C1c2ccccc2CCN1C(=O)CCCN1CCCC1=O. The molecule has 0 aromatic heterocycles. The Morgan fingerprint density at radius 2 is 1.91 bits per heavy atom.